The largest absolute Gasteiger partial charge is 0.492 e. The summed E-state index contributed by atoms with van der Waals surface area (Å²) in [5, 5.41) is 8.05. The number of fused-ring (bicyclic) bond motifs is 1. The third kappa shape index (κ3) is 3.83. The van der Waals surface area contributed by atoms with Crippen molar-refractivity contribution in [3.8, 4) is 5.75 Å². The molecule has 1 amide bonds. The summed E-state index contributed by atoms with van der Waals surface area (Å²) in [5.74, 6) is 0.293. The Hall–Kier alpha value is -2.12. The first kappa shape index (κ1) is 18.7. The number of hydrogen-bond acceptors (Lipinski definition) is 5. The number of piperidine rings is 1. The lowest BCUT2D eigenvalue weighted by atomic mass is 9.96. The van der Waals surface area contributed by atoms with Crippen molar-refractivity contribution in [2.24, 2.45) is 0 Å². The van der Waals surface area contributed by atoms with Gasteiger partial charge in [-0.05, 0) is 48.8 Å². The van der Waals surface area contributed by atoms with Gasteiger partial charge < -0.3 is 15.4 Å². The van der Waals surface area contributed by atoms with Crippen LogP contribution >= 0.6 is 0 Å². The van der Waals surface area contributed by atoms with Crippen molar-refractivity contribution < 1.29 is 17.9 Å². The molecule has 3 rings (SSSR count). The van der Waals surface area contributed by atoms with Crippen molar-refractivity contribution in [3.05, 3.63) is 42.5 Å². The maximum absolute atomic E-state index is 12.6. The average molecular weight is 376 g/mol. The Balaban J connectivity index is 1.57. The van der Waals surface area contributed by atoms with E-state index in [1.807, 2.05) is 42.5 Å². The molecule has 6 nitrogen and oxygen atoms in total. The third-order valence-corrected chi connectivity index (χ3v) is 6.93. The minimum atomic E-state index is -3.49. The van der Waals surface area contributed by atoms with Crippen LogP contribution in [0.3, 0.4) is 0 Å². The summed E-state index contributed by atoms with van der Waals surface area (Å²) in [6.45, 7) is 1.58. The fraction of sp³-hybridized carbons (Fsp3) is 0.421. The number of ether oxygens (including phenoxy) is 1. The van der Waals surface area contributed by atoms with Crippen molar-refractivity contribution in [2.45, 2.75) is 17.6 Å². The van der Waals surface area contributed by atoms with E-state index < -0.39 is 20.5 Å². The number of amides is 1. The molecule has 2 aromatic rings. The van der Waals surface area contributed by atoms with Crippen molar-refractivity contribution >= 4 is 26.5 Å². The Kier molecular flexibility index (Phi) is 5.48. The molecule has 0 aliphatic carbocycles. The predicted molar refractivity (Wildman–Crippen MR) is 102 cm³/mol. The molecule has 1 aliphatic rings. The van der Waals surface area contributed by atoms with Gasteiger partial charge in [0.05, 0.1) is 6.54 Å². The van der Waals surface area contributed by atoms with Gasteiger partial charge in [0.1, 0.15) is 12.4 Å². The van der Waals surface area contributed by atoms with Gasteiger partial charge in [0.2, 0.25) is 5.91 Å². The van der Waals surface area contributed by atoms with Crippen molar-refractivity contribution in [3.63, 3.8) is 0 Å². The summed E-state index contributed by atoms with van der Waals surface area (Å²) in [5.41, 5.74) is 0. The van der Waals surface area contributed by atoms with Crippen LogP contribution in [0.15, 0.2) is 42.5 Å². The lowest BCUT2D eigenvalue weighted by Crippen LogP contribution is -2.57. The van der Waals surface area contributed by atoms with E-state index in [0.717, 1.165) is 22.8 Å². The monoisotopic (exact) mass is 376 g/mol. The Morgan fingerprint density at radius 1 is 1.15 bits per heavy atom. The quantitative estimate of drug-likeness (QED) is 0.747. The van der Waals surface area contributed by atoms with Gasteiger partial charge in [-0.2, -0.15) is 0 Å². The first-order valence-electron chi connectivity index (χ1n) is 8.73. The van der Waals surface area contributed by atoms with E-state index in [0.29, 0.717) is 25.9 Å². The lowest BCUT2D eigenvalue weighted by Gasteiger charge is -2.34. The van der Waals surface area contributed by atoms with Crippen LogP contribution in [-0.4, -0.2) is 51.6 Å². The van der Waals surface area contributed by atoms with Gasteiger partial charge in [0.25, 0.3) is 0 Å². The molecule has 140 valence electrons. The molecule has 1 fully saturated rings. The van der Waals surface area contributed by atoms with Crippen LogP contribution in [-0.2, 0) is 14.6 Å². The minimum Gasteiger partial charge on any atom is -0.492 e. The van der Waals surface area contributed by atoms with E-state index in [2.05, 4.69) is 10.6 Å². The molecule has 2 N–H and O–H groups in total. The van der Waals surface area contributed by atoms with E-state index >= 15 is 0 Å². The fourth-order valence-corrected chi connectivity index (χ4v) is 4.70. The Morgan fingerprint density at radius 3 is 2.54 bits per heavy atom. The maximum atomic E-state index is 12.6. The predicted octanol–water partition coefficient (Wildman–Crippen LogP) is 1.50. The van der Waals surface area contributed by atoms with Crippen molar-refractivity contribution in [1.29, 1.82) is 0 Å². The summed E-state index contributed by atoms with van der Waals surface area (Å²) in [4.78, 5) is 12.6. The number of sulfone groups is 1. The SMILES string of the molecule is CS(=O)(=O)C1(C(=O)NCCOc2ccc3ccccc3c2)CCNCC1. The molecule has 1 heterocycles. The molecule has 0 saturated carbocycles. The number of hydrogen-bond donors (Lipinski definition) is 2. The summed E-state index contributed by atoms with van der Waals surface area (Å²) in [7, 11) is -3.49. The molecule has 2 aromatic carbocycles. The number of rotatable bonds is 6. The van der Waals surface area contributed by atoms with Crippen LogP contribution in [0.1, 0.15) is 12.8 Å². The molecule has 1 saturated heterocycles. The Morgan fingerprint density at radius 2 is 1.85 bits per heavy atom. The van der Waals surface area contributed by atoms with Gasteiger partial charge in [-0.3, -0.25) is 4.79 Å². The molecule has 0 atom stereocenters. The van der Waals surface area contributed by atoms with Crippen LogP contribution in [0.25, 0.3) is 10.8 Å². The second kappa shape index (κ2) is 7.63. The zero-order chi connectivity index (χ0) is 18.6. The second-order valence-corrected chi connectivity index (χ2v) is 8.96. The highest BCUT2D eigenvalue weighted by Crippen LogP contribution is 2.28. The standard InChI is InChI=1S/C19H24N2O4S/c1-26(23,24)19(8-10-20-11-9-19)18(22)21-12-13-25-17-7-6-15-4-2-3-5-16(15)14-17/h2-7,14,20H,8-13H2,1H3,(H,21,22). The smallest absolute Gasteiger partial charge is 0.241 e. The van der Waals surface area contributed by atoms with Gasteiger partial charge in [0, 0.05) is 6.26 Å². The minimum absolute atomic E-state index is 0.260. The molecular formula is C19H24N2O4S. The van der Waals surface area contributed by atoms with E-state index in [1.54, 1.807) is 0 Å². The van der Waals surface area contributed by atoms with E-state index in [4.69, 9.17) is 4.74 Å². The van der Waals surface area contributed by atoms with E-state index in [-0.39, 0.29) is 13.2 Å². The van der Waals surface area contributed by atoms with Crippen LogP contribution in [0.4, 0.5) is 0 Å². The van der Waals surface area contributed by atoms with E-state index in [9.17, 15) is 13.2 Å². The number of carbonyl (C=O) groups excluding carboxylic acids is 1. The van der Waals surface area contributed by atoms with E-state index in [1.165, 1.54) is 0 Å². The second-order valence-electron chi connectivity index (χ2n) is 6.63. The summed E-state index contributed by atoms with van der Waals surface area (Å²) in [6.07, 6.45) is 1.73. The summed E-state index contributed by atoms with van der Waals surface area (Å²) < 4.78 is 28.8. The van der Waals surface area contributed by atoms with Crippen LogP contribution in [0, 0.1) is 0 Å². The van der Waals surface area contributed by atoms with Crippen molar-refractivity contribution in [1.82, 2.24) is 10.6 Å². The molecule has 0 spiro atoms. The summed E-state index contributed by atoms with van der Waals surface area (Å²) in [6, 6.07) is 13.8. The average Bonchev–Trinajstić information content (AvgIpc) is 2.64. The first-order chi connectivity index (χ1) is 12.4. The number of carbonyl (C=O) groups is 1. The molecule has 26 heavy (non-hydrogen) atoms. The molecule has 1 aliphatic heterocycles. The van der Waals surface area contributed by atoms with Gasteiger partial charge in [-0.15, -0.1) is 0 Å². The highest BCUT2D eigenvalue weighted by atomic mass is 32.2. The van der Waals surface area contributed by atoms with Crippen LogP contribution in [0.2, 0.25) is 0 Å². The molecular weight excluding hydrogens is 352 g/mol. The van der Waals surface area contributed by atoms with Gasteiger partial charge in [0.15, 0.2) is 14.6 Å². The van der Waals surface area contributed by atoms with Crippen molar-refractivity contribution in [2.75, 3.05) is 32.5 Å². The summed E-state index contributed by atoms with van der Waals surface area (Å²) >= 11 is 0. The normalized spacial score (nSPS) is 17.0. The van der Waals surface area contributed by atoms with Crippen LogP contribution in [0.5, 0.6) is 5.75 Å². The highest BCUT2D eigenvalue weighted by molar-refractivity contribution is 7.92. The number of benzene rings is 2. The molecule has 0 unspecified atom stereocenters. The molecule has 7 heteroatoms. The van der Waals surface area contributed by atoms with Crippen LogP contribution < -0.4 is 15.4 Å². The molecule has 0 radical (unpaired) electrons. The topological polar surface area (TPSA) is 84.5 Å². The van der Waals surface area contributed by atoms with Gasteiger partial charge in [-0.1, -0.05) is 30.3 Å². The fourth-order valence-electron chi connectivity index (χ4n) is 3.35. The molecule has 0 bridgehead atoms. The maximum Gasteiger partial charge on any atom is 0.241 e. The Labute approximate surface area is 153 Å². The zero-order valence-electron chi connectivity index (χ0n) is 14.8. The lowest BCUT2D eigenvalue weighted by molar-refractivity contribution is -0.124. The van der Waals surface area contributed by atoms with Gasteiger partial charge >= 0.3 is 0 Å². The number of nitrogens with one attached hydrogen (secondary N) is 2. The third-order valence-electron chi connectivity index (χ3n) is 4.91. The Bertz CT molecular complexity index is 889. The zero-order valence-corrected chi connectivity index (χ0v) is 15.6. The van der Waals surface area contributed by atoms with Gasteiger partial charge in [-0.25, -0.2) is 8.42 Å². The molecule has 0 aromatic heterocycles. The first-order valence-corrected chi connectivity index (χ1v) is 10.6. The highest BCUT2D eigenvalue weighted by Gasteiger charge is 2.48.